The lowest BCUT2D eigenvalue weighted by molar-refractivity contribution is 0.815. The first-order valence-corrected chi connectivity index (χ1v) is 4.57. The molecule has 1 heterocycles. The third-order valence-electron chi connectivity index (χ3n) is 1.97. The summed E-state index contributed by atoms with van der Waals surface area (Å²) in [6, 6.07) is 0. The molecule has 2 N–H and O–H groups in total. The van der Waals surface area contributed by atoms with Crippen molar-refractivity contribution in [2.75, 3.05) is 18.0 Å². The normalized spacial score (nSPS) is 10.1. The minimum atomic E-state index is 0.499. The van der Waals surface area contributed by atoms with E-state index >= 15 is 0 Å². The highest BCUT2D eigenvalue weighted by atomic mass is 15.2. The third-order valence-corrected chi connectivity index (χ3v) is 1.97. The van der Waals surface area contributed by atoms with E-state index in [2.05, 4.69) is 28.7 Å². The summed E-state index contributed by atoms with van der Waals surface area (Å²) in [7, 11) is 0. The van der Waals surface area contributed by atoms with Crippen molar-refractivity contribution < 1.29 is 0 Å². The van der Waals surface area contributed by atoms with Crippen molar-refractivity contribution in [1.29, 1.82) is 0 Å². The fraction of sp³-hybridized carbons (Fsp3) is 0.556. The molecule has 0 amide bonds. The average molecular weight is 180 g/mol. The summed E-state index contributed by atoms with van der Waals surface area (Å²) in [5.74, 6) is 0.780. The van der Waals surface area contributed by atoms with Crippen LogP contribution in [0.5, 0.6) is 0 Å². The molecule has 1 aromatic rings. The molecule has 0 unspecified atom stereocenters. The van der Waals surface area contributed by atoms with Crippen LogP contribution in [0, 0.1) is 0 Å². The summed E-state index contributed by atoms with van der Waals surface area (Å²) in [6.45, 7) is 6.53. The van der Waals surface area contributed by atoms with E-state index in [-0.39, 0.29) is 0 Å². The van der Waals surface area contributed by atoms with Gasteiger partial charge in [-0.2, -0.15) is 0 Å². The van der Waals surface area contributed by atoms with Gasteiger partial charge < -0.3 is 10.6 Å². The van der Waals surface area contributed by atoms with E-state index in [0.29, 0.717) is 6.54 Å². The van der Waals surface area contributed by atoms with Crippen LogP contribution < -0.4 is 10.6 Å². The van der Waals surface area contributed by atoms with E-state index in [4.69, 9.17) is 5.73 Å². The molecule has 0 aliphatic heterocycles. The third kappa shape index (κ3) is 2.39. The van der Waals surface area contributed by atoms with Crippen LogP contribution in [-0.2, 0) is 6.54 Å². The molecule has 0 saturated carbocycles. The second-order valence-electron chi connectivity index (χ2n) is 2.77. The van der Waals surface area contributed by atoms with Crippen LogP contribution in [0.2, 0.25) is 0 Å². The second kappa shape index (κ2) is 4.77. The zero-order chi connectivity index (χ0) is 9.68. The highest BCUT2D eigenvalue weighted by molar-refractivity contribution is 5.28. The lowest BCUT2D eigenvalue weighted by Crippen LogP contribution is -2.24. The molecule has 4 heteroatoms. The van der Waals surface area contributed by atoms with Gasteiger partial charge in [0, 0.05) is 37.6 Å². The number of hydrogen-bond donors (Lipinski definition) is 1. The summed E-state index contributed by atoms with van der Waals surface area (Å²) >= 11 is 0. The van der Waals surface area contributed by atoms with Gasteiger partial charge in [-0.3, -0.25) is 0 Å². The summed E-state index contributed by atoms with van der Waals surface area (Å²) < 4.78 is 0. The zero-order valence-corrected chi connectivity index (χ0v) is 8.20. The lowest BCUT2D eigenvalue weighted by atomic mass is 10.3. The molecule has 72 valence electrons. The maximum Gasteiger partial charge on any atom is 0.225 e. The molecule has 1 aromatic heterocycles. The van der Waals surface area contributed by atoms with Gasteiger partial charge in [0.1, 0.15) is 0 Å². The SMILES string of the molecule is CCN(CC)c1ncc(CN)cn1. The van der Waals surface area contributed by atoms with Crippen molar-refractivity contribution in [3.8, 4) is 0 Å². The van der Waals surface area contributed by atoms with Crippen LogP contribution in [-0.4, -0.2) is 23.1 Å². The minimum absolute atomic E-state index is 0.499. The van der Waals surface area contributed by atoms with Crippen LogP contribution in [0.4, 0.5) is 5.95 Å². The molecule has 0 saturated heterocycles. The van der Waals surface area contributed by atoms with Crippen molar-refractivity contribution in [3.05, 3.63) is 18.0 Å². The fourth-order valence-corrected chi connectivity index (χ4v) is 1.12. The molecular weight excluding hydrogens is 164 g/mol. The Balaban J connectivity index is 2.78. The van der Waals surface area contributed by atoms with E-state index < -0.39 is 0 Å². The van der Waals surface area contributed by atoms with E-state index in [9.17, 15) is 0 Å². The highest BCUT2D eigenvalue weighted by Crippen LogP contribution is 2.05. The first-order valence-electron chi connectivity index (χ1n) is 4.57. The van der Waals surface area contributed by atoms with Gasteiger partial charge in [0.2, 0.25) is 5.95 Å². The summed E-state index contributed by atoms with van der Waals surface area (Å²) in [5.41, 5.74) is 6.42. The molecule has 0 aromatic carbocycles. The van der Waals surface area contributed by atoms with Gasteiger partial charge in [-0.1, -0.05) is 0 Å². The molecule has 0 spiro atoms. The predicted octanol–water partition coefficient (Wildman–Crippen LogP) is 0.781. The first kappa shape index (κ1) is 9.92. The largest absolute Gasteiger partial charge is 0.341 e. The maximum absolute atomic E-state index is 5.45. The molecule has 4 nitrogen and oxygen atoms in total. The van der Waals surface area contributed by atoms with Gasteiger partial charge in [0.15, 0.2) is 0 Å². The minimum Gasteiger partial charge on any atom is -0.341 e. The molecular formula is C9H16N4. The number of rotatable bonds is 4. The molecule has 0 radical (unpaired) electrons. The number of aromatic nitrogens is 2. The van der Waals surface area contributed by atoms with Crippen LogP contribution in [0.15, 0.2) is 12.4 Å². The Morgan fingerprint density at radius 3 is 2.15 bits per heavy atom. The summed E-state index contributed by atoms with van der Waals surface area (Å²) in [5, 5.41) is 0. The van der Waals surface area contributed by atoms with Gasteiger partial charge in [0.25, 0.3) is 0 Å². The number of nitrogens with two attached hydrogens (primary N) is 1. The van der Waals surface area contributed by atoms with E-state index in [1.165, 1.54) is 0 Å². The summed E-state index contributed by atoms with van der Waals surface area (Å²) in [4.78, 5) is 10.6. The Morgan fingerprint density at radius 2 is 1.77 bits per heavy atom. The molecule has 1 rings (SSSR count). The van der Waals surface area contributed by atoms with Crippen molar-refractivity contribution in [2.45, 2.75) is 20.4 Å². The Labute approximate surface area is 78.8 Å². The number of hydrogen-bond acceptors (Lipinski definition) is 4. The monoisotopic (exact) mass is 180 g/mol. The van der Waals surface area contributed by atoms with Gasteiger partial charge >= 0.3 is 0 Å². The van der Waals surface area contributed by atoms with E-state index in [1.54, 1.807) is 12.4 Å². The maximum atomic E-state index is 5.45. The Kier molecular flexibility index (Phi) is 3.64. The number of anilines is 1. The molecule has 0 aliphatic rings. The van der Waals surface area contributed by atoms with Crippen LogP contribution in [0.3, 0.4) is 0 Å². The Hall–Kier alpha value is -1.16. The molecule has 0 bridgehead atoms. The van der Waals surface area contributed by atoms with Gasteiger partial charge in [0.05, 0.1) is 0 Å². The smallest absolute Gasteiger partial charge is 0.225 e. The molecule has 0 atom stereocenters. The topological polar surface area (TPSA) is 55.0 Å². The summed E-state index contributed by atoms with van der Waals surface area (Å²) in [6.07, 6.45) is 3.56. The Bertz CT molecular complexity index is 240. The predicted molar refractivity (Wildman–Crippen MR) is 53.5 cm³/mol. The fourth-order valence-electron chi connectivity index (χ4n) is 1.12. The van der Waals surface area contributed by atoms with Crippen molar-refractivity contribution in [2.24, 2.45) is 5.73 Å². The Morgan fingerprint density at radius 1 is 1.23 bits per heavy atom. The average Bonchev–Trinajstić information content (AvgIpc) is 2.21. The van der Waals surface area contributed by atoms with Crippen LogP contribution >= 0.6 is 0 Å². The second-order valence-corrected chi connectivity index (χ2v) is 2.77. The van der Waals surface area contributed by atoms with Gasteiger partial charge in [-0.05, 0) is 13.8 Å². The van der Waals surface area contributed by atoms with Crippen LogP contribution in [0.1, 0.15) is 19.4 Å². The zero-order valence-electron chi connectivity index (χ0n) is 8.20. The quantitative estimate of drug-likeness (QED) is 0.744. The molecule has 0 fully saturated rings. The van der Waals surface area contributed by atoms with E-state index in [0.717, 1.165) is 24.6 Å². The van der Waals surface area contributed by atoms with E-state index in [1.807, 2.05) is 0 Å². The van der Waals surface area contributed by atoms with Crippen LogP contribution in [0.25, 0.3) is 0 Å². The first-order chi connectivity index (χ1) is 6.31. The number of nitrogens with zero attached hydrogens (tertiary/aromatic N) is 3. The van der Waals surface area contributed by atoms with Crippen molar-refractivity contribution in [3.63, 3.8) is 0 Å². The van der Waals surface area contributed by atoms with Gasteiger partial charge in [-0.15, -0.1) is 0 Å². The molecule has 0 aliphatic carbocycles. The lowest BCUT2D eigenvalue weighted by Gasteiger charge is -2.17. The van der Waals surface area contributed by atoms with Gasteiger partial charge in [-0.25, -0.2) is 9.97 Å². The standard InChI is InChI=1S/C9H16N4/c1-3-13(4-2)9-11-6-8(5-10)7-12-9/h6-7H,3-5,10H2,1-2H3. The molecule has 13 heavy (non-hydrogen) atoms. The van der Waals surface area contributed by atoms with Crippen molar-refractivity contribution >= 4 is 5.95 Å². The highest BCUT2D eigenvalue weighted by Gasteiger charge is 2.03. The van der Waals surface area contributed by atoms with Crippen molar-refractivity contribution in [1.82, 2.24) is 9.97 Å².